The summed E-state index contributed by atoms with van der Waals surface area (Å²) < 4.78 is 0. The lowest BCUT2D eigenvalue weighted by molar-refractivity contribution is 0.620. The van der Waals surface area contributed by atoms with Gasteiger partial charge in [0.1, 0.15) is 0 Å². The molecule has 21 heavy (non-hydrogen) atoms. The van der Waals surface area contributed by atoms with E-state index in [0.717, 1.165) is 17.1 Å². The molecular formula is C16H20N2S3. The summed E-state index contributed by atoms with van der Waals surface area (Å²) in [6.45, 7) is 2.30. The molecule has 112 valence electrons. The average Bonchev–Trinajstić information content (AvgIpc) is 2.97. The summed E-state index contributed by atoms with van der Waals surface area (Å²) in [5, 5.41) is 4.49. The van der Waals surface area contributed by atoms with Gasteiger partial charge in [-0.05, 0) is 0 Å². The Balaban J connectivity index is 1.67. The van der Waals surface area contributed by atoms with Crippen molar-refractivity contribution in [1.29, 1.82) is 0 Å². The molecule has 0 bridgehead atoms. The van der Waals surface area contributed by atoms with E-state index < -0.39 is 0 Å². The lowest BCUT2D eigenvalue weighted by atomic mass is 10.1. The first-order valence-corrected chi connectivity index (χ1v) is 10.2. The molecule has 3 atom stereocenters. The second-order valence-corrected chi connectivity index (χ2v) is 8.99. The molecular weight excluding hydrogens is 316 g/mol. The minimum absolute atomic E-state index is 0.201. The summed E-state index contributed by atoms with van der Waals surface area (Å²) in [7, 11) is 0. The van der Waals surface area contributed by atoms with Crippen LogP contribution in [-0.4, -0.2) is 33.0 Å². The number of aromatic nitrogens is 1. The van der Waals surface area contributed by atoms with E-state index in [2.05, 4.69) is 36.6 Å². The van der Waals surface area contributed by atoms with Crippen molar-refractivity contribution in [2.75, 3.05) is 11.5 Å². The van der Waals surface area contributed by atoms with E-state index >= 15 is 0 Å². The molecule has 1 aromatic heterocycles. The Morgan fingerprint density at radius 2 is 2.00 bits per heavy atom. The van der Waals surface area contributed by atoms with Crippen LogP contribution in [0, 0.1) is 0 Å². The van der Waals surface area contributed by atoms with Crippen LogP contribution in [-0.2, 0) is 6.42 Å². The summed E-state index contributed by atoms with van der Waals surface area (Å²) in [4.78, 5) is 4.76. The van der Waals surface area contributed by atoms with Crippen molar-refractivity contribution in [2.24, 2.45) is 5.73 Å². The van der Waals surface area contributed by atoms with Gasteiger partial charge >= 0.3 is 0 Å². The maximum Gasteiger partial charge on any atom is 0.0948 e. The molecule has 2 N–H and O–H groups in total. The van der Waals surface area contributed by atoms with E-state index in [1.807, 2.05) is 29.6 Å². The highest BCUT2D eigenvalue weighted by Crippen LogP contribution is 2.33. The Bertz CT molecular complexity index is 570. The summed E-state index contributed by atoms with van der Waals surface area (Å²) >= 11 is 5.81. The van der Waals surface area contributed by atoms with Crippen LogP contribution in [0.2, 0.25) is 0 Å². The number of thiazole rings is 1. The molecule has 0 radical (unpaired) electrons. The van der Waals surface area contributed by atoms with Crippen molar-refractivity contribution < 1.29 is 0 Å². The number of hydrogen-bond acceptors (Lipinski definition) is 5. The van der Waals surface area contributed by atoms with Gasteiger partial charge in [0.25, 0.3) is 0 Å². The van der Waals surface area contributed by atoms with Crippen molar-refractivity contribution >= 4 is 34.9 Å². The predicted molar refractivity (Wildman–Crippen MR) is 97.4 cm³/mol. The van der Waals surface area contributed by atoms with Gasteiger partial charge < -0.3 is 5.73 Å². The highest BCUT2D eigenvalue weighted by atomic mass is 32.2. The lowest BCUT2D eigenvalue weighted by Crippen LogP contribution is -2.42. The third-order valence-corrected chi connectivity index (χ3v) is 7.83. The average molecular weight is 337 g/mol. The third kappa shape index (κ3) is 3.83. The highest BCUT2D eigenvalue weighted by molar-refractivity contribution is 8.07. The normalized spacial score (nSPS) is 23.9. The number of rotatable bonds is 4. The van der Waals surface area contributed by atoms with Gasteiger partial charge in [0.05, 0.1) is 10.7 Å². The smallest absolute Gasteiger partial charge is 0.0948 e. The Morgan fingerprint density at radius 1 is 1.24 bits per heavy atom. The second kappa shape index (κ2) is 7.18. The Hall–Kier alpha value is -0.490. The zero-order valence-corrected chi connectivity index (χ0v) is 14.5. The molecule has 0 aliphatic carbocycles. The number of nitrogens with two attached hydrogens (primary N) is 1. The van der Waals surface area contributed by atoms with Crippen molar-refractivity contribution in [3.8, 4) is 11.3 Å². The van der Waals surface area contributed by atoms with Crippen molar-refractivity contribution in [3.63, 3.8) is 0 Å². The molecule has 1 fully saturated rings. The third-order valence-electron chi connectivity index (χ3n) is 3.69. The molecule has 3 rings (SSSR count). The van der Waals surface area contributed by atoms with Crippen molar-refractivity contribution in [1.82, 2.24) is 4.98 Å². The number of hydrogen-bond donors (Lipinski definition) is 1. The van der Waals surface area contributed by atoms with Crippen LogP contribution >= 0.6 is 34.9 Å². The van der Waals surface area contributed by atoms with Gasteiger partial charge in [0.2, 0.25) is 0 Å². The SMILES string of the molecule is CC1SCCSC1C(N)Cc1nc(-c2ccccc2)cs1. The maximum absolute atomic E-state index is 6.45. The van der Waals surface area contributed by atoms with Gasteiger partial charge in [-0.15, -0.1) is 11.3 Å². The van der Waals surface area contributed by atoms with Gasteiger partial charge in [-0.2, -0.15) is 23.5 Å². The molecule has 1 saturated heterocycles. The number of thioether (sulfide) groups is 2. The van der Waals surface area contributed by atoms with Crippen LogP contribution in [0.25, 0.3) is 11.3 Å². The van der Waals surface area contributed by atoms with Gasteiger partial charge in [-0.1, -0.05) is 37.3 Å². The quantitative estimate of drug-likeness (QED) is 0.918. The van der Waals surface area contributed by atoms with Crippen LogP contribution in [0.5, 0.6) is 0 Å². The molecule has 2 heterocycles. The number of benzene rings is 1. The molecule has 0 amide bonds. The van der Waals surface area contributed by atoms with Crippen LogP contribution in [0.4, 0.5) is 0 Å². The van der Waals surface area contributed by atoms with Gasteiger partial charge in [-0.3, -0.25) is 0 Å². The van der Waals surface area contributed by atoms with E-state index in [-0.39, 0.29) is 6.04 Å². The second-order valence-electron chi connectivity index (χ2n) is 5.27. The summed E-state index contributed by atoms with van der Waals surface area (Å²) in [5.41, 5.74) is 8.71. The fourth-order valence-electron chi connectivity index (χ4n) is 2.58. The fourth-order valence-corrected chi connectivity index (χ4v) is 6.35. The van der Waals surface area contributed by atoms with Gasteiger partial charge in [-0.25, -0.2) is 4.98 Å². The Kier molecular flexibility index (Phi) is 5.27. The van der Waals surface area contributed by atoms with E-state index in [0.29, 0.717) is 10.5 Å². The standard InChI is InChI=1S/C16H20N2S3/c1-11-16(20-8-7-19-11)13(17)9-15-18-14(10-21-15)12-5-3-2-4-6-12/h2-6,10-11,13,16H,7-9,17H2,1H3. The summed E-state index contributed by atoms with van der Waals surface area (Å²) in [5.74, 6) is 2.48. The largest absolute Gasteiger partial charge is 0.326 e. The van der Waals surface area contributed by atoms with Crippen LogP contribution in [0.15, 0.2) is 35.7 Å². The number of nitrogens with zero attached hydrogens (tertiary/aromatic N) is 1. The summed E-state index contributed by atoms with van der Waals surface area (Å²) in [6, 6.07) is 10.6. The molecule has 0 saturated carbocycles. The van der Waals surface area contributed by atoms with Crippen molar-refractivity contribution in [3.05, 3.63) is 40.7 Å². The zero-order chi connectivity index (χ0) is 14.7. The topological polar surface area (TPSA) is 38.9 Å². The molecule has 3 unspecified atom stereocenters. The predicted octanol–water partition coefficient (Wildman–Crippen LogP) is 3.92. The summed E-state index contributed by atoms with van der Waals surface area (Å²) in [6.07, 6.45) is 0.889. The molecule has 1 aliphatic rings. The Morgan fingerprint density at radius 3 is 2.76 bits per heavy atom. The van der Waals surface area contributed by atoms with E-state index in [4.69, 9.17) is 10.7 Å². The van der Waals surface area contributed by atoms with Gasteiger partial charge in [0, 0.05) is 45.4 Å². The lowest BCUT2D eigenvalue weighted by Gasteiger charge is -2.32. The first kappa shape index (κ1) is 15.4. The molecule has 2 aromatic rings. The molecule has 0 spiro atoms. The minimum atomic E-state index is 0.201. The minimum Gasteiger partial charge on any atom is -0.326 e. The molecule has 2 nitrogen and oxygen atoms in total. The molecule has 1 aliphatic heterocycles. The maximum atomic E-state index is 6.45. The van der Waals surface area contributed by atoms with Crippen molar-refractivity contribution in [2.45, 2.75) is 29.9 Å². The van der Waals surface area contributed by atoms with Crippen LogP contribution in [0.3, 0.4) is 0 Å². The van der Waals surface area contributed by atoms with Gasteiger partial charge in [0.15, 0.2) is 0 Å². The van der Waals surface area contributed by atoms with Crippen LogP contribution < -0.4 is 5.73 Å². The van der Waals surface area contributed by atoms with E-state index in [1.54, 1.807) is 11.3 Å². The van der Waals surface area contributed by atoms with E-state index in [9.17, 15) is 0 Å². The van der Waals surface area contributed by atoms with Crippen LogP contribution in [0.1, 0.15) is 11.9 Å². The Labute approximate surface area is 138 Å². The first-order valence-electron chi connectivity index (χ1n) is 7.22. The molecule has 5 heteroatoms. The zero-order valence-electron chi connectivity index (χ0n) is 12.1. The van der Waals surface area contributed by atoms with E-state index in [1.165, 1.54) is 17.1 Å². The fraction of sp³-hybridized carbons (Fsp3) is 0.438. The monoisotopic (exact) mass is 336 g/mol. The molecule has 1 aromatic carbocycles. The first-order chi connectivity index (χ1) is 10.2. The highest BCUT2D eigenvalue weighted by Gasteiger charge is 2.28.